The van der Waals surface area contributed by atoms with E-state index in [4.69, 9.17) is 13.5 Å². The van der Waals surface area contributed by atoms with Crippen LogP contribution in [0.1, 0.15) is 41.0 Å². The van der Waals surface area contributed by atoms with E-state index in [1.807, 2.05) is 60.7 Å². The Morgan fingerprint density at radius 2 is 1.38 bits per heavy atom. The Labute approximate surface area is 192 Å². The van der Waals surface area contributed by atoms with E-state index < -0.39 is 28.0 Å². The average Bonchev–Trinajstić information content (AvgIpc) is 2.72. The molecule has 0 amide bonds. The second-order valence-corrected chi connectivity index (χ2v) is 15.0. The van der Waals surface area contributed by atoms with Crippen LogP contribution in [0.25, 0.3) is 0 Å². The van der Waals surface area contributed by atoms with Crippen LogP contribution in [0, 0.1) is 0 Å². The summed E-state index contributed by atoms with van der Waals surface area (Å²) in [5, 5.41) is 11.4. The highest BCUT2D eigenvalue weighted by atomic mass is 31.2. The molecule has 0 aliphatic carbocycles. The Kier molecular flexibility index (Phi) is 9.43. The first-order chi connectivity index (χ1) is 15.1. The molecule has 0 saturated heterocycles. The largest absolute Gasteiger partial charge is 0.481 e. The predicted molar refractivity (Wildman–Crippen MR) is 130 cm³/mol. The topological polar surface area (TPSA) is 82.1 Å². The van der Waals surface area contributed by atoms with E-state index in [1.54, 1.807) is 13.8 Å². The molecule has 32 heavy (non-hydrogen) atoms. The van der Waals surface area contributed by atoms with Crippen molar-refractivity contribution in [1.82, 2.24) is 0 Å². The average molecular weight is 479 g/mol. The number of benzene rings is 2. The monoisotopic (exact) mass is 478 g/mol. The van der Waals surface area contributed by atoms with Crippen LogP contribution in [-0.4, -0.2) is 44.9 Å². The summed E-state index contributed by atoms with van der Waals surface area (Å²) in [5.74, 6) is -1.02. The summed E-state index contributed by atoms with van der Waals surface area (Å²) >= 11 is 0. The smallest absolute Gasteiger partial charge is 0.333 e. The highest BCUT2D eigenvalue weighted by Gasteiger charge is 2.52. The number of carboxylic acids is 1. The lowest BCUT2D eigenvalue weighted by Crippen LogP contribution is -2.68. The van der Waals surface area contributed by atoms with Gasteiger partial charge in [-0.3, -0.25) is 9.36 Å². The molecule has 176 valence electrons. The Hall–Kier alpha value is -1.76. The number of hydrogen-bond donors (Lipinski definition) is 1. The number of hydrogen-bond acceptors (Lipinski definition) is 5. The van der Waals surface area contributed by atoms with Crippen molar-refractivity contribution in [2.45, 2.75) is 52.2 Å². The van der Waals surface area contributed by atoms with Crippen molar-refractivity contribution < 1.29 is 27.9 Å². The Morgan fingerprint density at radius 1 is 0.938 bits per heavy atom. The van der Waals surface area contributed by atoms with Crippen molar-refractivity contribution in [3.8, 4) is 0 Å². The molecule has 2 rings (SSSR count). The standard InChI is InChI=1S/C24H35O6PSi/c1-6-28-31(27,29-7-2)19-20(18-23(25)26)30-32(24(3,4)5,21-14-10-8-11-15-21)22-16-12-9-13-17-22/h8-17,20H,6-7,18-19H2,1-5H3,(H,25,26)/t20-/m0/s1. The quantitative estimate of drug-likeness (QED) is 0.353. The van der Waals surface area contributed by atoms with Gasteiger partial charge >= 0.3 is 13.6 Å². The molecule has 1 N–H and O–H groups in total. The summed E-state index contributed by atoms with van der Waals surface area (Å²) < 4.78 is 31.2. The van der Waals surface area contributed by atoms with Crippen molar-refractivity contribution >= 4 is 32.3 Å². The van der Waals surface area contributed by atoms with Crippen LogP contribution < -0.4 is 10.4 Å². The van der Waals surface area contributed by atoms with Crippen LogP contribution in [0.2, 0.25) is 5.04 Å². The summed E-state index contributed by atoms with van der Waals surface area (Å²) in [6.45, 7) is 10.2. The maximum absolute atomic E-state index is 13.3. The zero-order valence-corrected chi connectivity index (χ0v) is 21.5. The summed E-state index contributed by atoms with van der Waals surface area (Å²) in [7, 11) is -6.54. The SMILES string of the molecule is CCOP(=O)(C[C@H](CC(=O)O)O[Si](c1ccccc1)(c1ccccc1)C(C)(C)C)OCC. The maximum Gasteiger partial charge on any atom is 0.333 e. The van der Waals surface area contributed by atoms with E-state index in [-0.39, 0.29) is 30.8 Å². The van der Waals surface area contributed by atoms with Gasteiger partial charge in [-0.05, 0) is 29.3 Å². The lowest BCUT2D eigenvalue weighted by molar-refractivity contribution is -0.138. The van der Waals surface area contributed by atoms with Gasteiger partial charge in [-0.15, -0.1) is 0 Å². The third kappa shape index (κ3) is 6.39. The molecule has 2 aromatic carbocycles. The van der Waals surface area contributed by atoms with Crippen LogP contribution in [-0.2, 0) is 22.8 Å². The van der Waals surface area contributed by atoms with Crippen LogP contribution in [0.15, 0.2) is 60.7 Å². The minimum Gasteiger partial charge on any atom is -0.481 e. The molecule has 1 atom stereocenters. The van der Waals surface area contributed by atoms with Crippen molar-refractivity contribution in [3.05, 3.63) is 60.7 Å². The summed E-state index contributed by atoms with van der Waals surface area (Å²) in [6.07, 6.45) is -1.26. The normalized spacial score (nSPS) is 13.7. The second kappa shape index (κ2) is 11.4. The Morgan fingerprint density at radius 3 is 1.72 bits per heavy atom. The molecule has 0 unspecified atom stereocenters. The third-order valence-corrected chi connectivity index (χ3v) is 12.5. The van der Waals surface area contributed by atoms with Gasteiger partial charge in [-0.1, -0.05) is 81.4 Å². The first-order valence-corrected chi connectivity index (χ1v) is 14.6. The van der Waals surface area contributed by atoms with E-state index in [9.17, 15) is 14.5 Å². The van der Waals surface area contributed by atoms with E-state index in [1.165, 1.54) is 0 Å². The maximum atomic E-state index is 13.3. The van der Waals surface area contributed by atoms with Gasteiger partial charge in [0.2, 0.25) is 0 Å². The van der Waals surface area contributed by atoms with E-state index in [0.29, 0.717) is 0 Å². The second-order valence-electron chi connectivity index (χ2n) is 8.63. The van der Waals surface area contributed by atoms with Crippen molar-refractivity contribution in [2.24, 2.45) is 0 Å². The van der Waals surface area contributed by atoms with Gasteiger partial charge in [0.15, 0.2) is 0 Å². The van der Waals surface area contributed by atoms with Crippen LogP contribution in [0.4, 0.5) is 0 Å². The molecule has 0 saturated carbocycles. The van der Waals surface area contributed by atoms with Gasteiger partial charge in [0.25, 0.3) is 8.32 Å². The predicted octanol–water partition coefficient (Wildman–Crippen LogP) is 4.67. The zero-order valence-electron chi connectivity index (χ0n) is 19.6. The molecule has 0 heterocycles. The van der Waals surface area contributed by atoms with Gasteiger partial charge in [-0.25, -0.2) is 0 Å². The molecule has 0 fully saturated rings. The molecule has 0 aliphatic rings. The molecule has 0 aliphatic heterocycles. The van der Waals surface area contributed by atoms with Gasteiger partial charge in [0.05, 0.1) is 31.9 Å². The van der Waals surface area contributed by atoms with E-state index in [0.717, 1.165) is 10.4 Å². The van der Waals surface area contributed by atoms with E-state index >= 15 is 0 Å². The fourth-order valence-corrected chi connectivity index (χ4v) is 10.7. The number of rotatable bonds is 12. The van der Waals surface area contributed by atoms with Crippen molar-refractivity contribution in [3.63, 3.8) is 0 Å². The third-order valence-electron chi connectivity index (χ3n) is 5.24. The van der Waals surface area contributed by atoms with Crippen LogP contribution in [0.3, 0.4) is 0 Å². The molecule has 0 bridgehead atoms. The molecule has 0 aromatic heterocycles. The van der Waals surface area contributed by atoms with Gasteiger partial charge < -0.3 is 18.6 Å². The molecular formula is C24H35O6PSi. The molecule has 0 radical (unpaired) electrons. The summed E-state index contributed by atoms with van der Waals surface area (Å²) in [5.41, 5.74) is 0. The molecule has 8 heteroatoms. The van der Waals surface area contributed by atoms with Gasteiger partial charge in [0.1, 0.15) is 0 Å². The fourth-order valence-electron chi connectivity index (χ4n) is 4.06. The Balaban J connectivity index is 2.65. The summed E-state index contributed by atoms with van der Waals surface area (Å²) in [6, 6.07) is 19.9. The van der Waals surface area contributed by atoms with Crippen LogP contribution >= 0.6 is 7.60 Å². The molecule has 2 aromatic rings. The van der Waals surface area contributed by atoms with E-state index in [2.05, 4.69) is 20.8 Å². The zero-order chi connectivity index (χ0) is 23.8. The minimum absolute atomic E-state index is 0.120. The van der Waals surface area contributed by atoms with Crippen LogP contribution in [0.5, 0.6) is 0 Å². The van der Waals surface area contributed by atoms with Crippen molar-refractivity contribution in [1.29, 1.82) is 0 Å². The van der Waals surface area contributed by atoms with Gasteiger partial charge in [0, 0.05) is 0 Å². The Bertz CT molecular complexity index is 848. The lowest BCUT2D eigenvalue weighted by Gasteiger charge is -2.45. The van der Waals surface area contributed by atoms with Gasteiger partial charge in [-0.2, -0.15) is 0 Å². The number of carbonyl (C=O) groups is 1. The molecular weight excluding hydrogens is 443 g/mol. The minimum atomic E-state index is -3.52. The molecule has 6 nitrogen and oxygen atoms in total. The number of carboxylic acid groups (broad SMARTS) is 1. The number of aliphatic carboxylic acids is 1. The lowest BCUT2D eigenvalue weighted by atomic mass is 10.2. The first-order valence-electron chi connectivity index (χ1n) is 11.0. The van der Waals surface area contributed by atoms with Crippen molar-refractivity contribution in [2.75, 3.05) is 19.4 Å². The summed E-state index contributed by atoms with van der Waals surface area (Å²) in [4.78, 5) is 11.8. The highest BCUT2D eigenvalue weighted by Crippen LogP contribution is 2.50. The fraction of sp³-hybridized carbons (Fsp3) is 0.458. The first kappa shape index (κ1) is 26.5. The molecule has 0 spiro atoms. The highest BCUT2D eigenvalue weighted by molar-refractivity contribution is 7.53.